The zero-order chi connectivity index (χ0) is 45.4. The highest BCUT2D eigenvalue weighted by molar-refractivity contribution is 7.10. The Labute approximate surface area is 235 Å². The topological polar surface area (TPSA) is 53.5 Å². The Bertz CT molecular complexity index is 2220. The van der Waals surface area contributed by atoms with Gasteiger partial charge < -0.3 is 20.5 Å². The third kappa shape index (κ3) is 7.15. The van der Waals surface area contributed by atoms with Gasteiger partial charge >= 0.3 is 0 Å². The summed E-state index contributed by atoms with van der Waals surface area (Å²) in [5, 5.41) is 11.4. The number of thiophene rings is 2. The summed E-state index contributed by atoms with van der Waals surface area (Å²) in [6.45, 7) is -9.46. The van der Waals surface area contributed by atoms with Crippen molar-refractivity contribution in [3.05, 3.63) is 86.9 Å². The van der Waals surface area contributed by atoms with Crippen molar-refractivity contribution in [2.45, 2.75) is 24.9 Å². The fraction of sp³-hybridized carbons (Fsp3) is 0.308. The van der Waals surface area contributed by atoms with E-state index in [1.54, 1.807) is 0 Å². The minimum atomic E-state index is -3.49. The molecule has 0 spiro atoms. The molecule has 0 saturated heterocycles. The predicted molar refractivity (Wildman–Crippen MR) is 138 cm³/mol. The SMILES string of the molecule is [2H]c1sc(C([2H])(O)C([2H])([2H])C([2H])([2H])NC([2H])([2H])[2H])c([2H])c1[2H].[2H]c1sc(C([2H])(Oc2c([2H])c([2H])c([2H])c3c([2H])c([2H])c([2H])c([2H])c23)C([2H])([2H])C([2H])([2H])NC)c([2H])c1[2H]. The van der Waals surface area contributed by atoms with Crippen LogP contribution in [-0.4, -0.2) is 32.1 Å². The molecule has 2 aromatic carbocycles. The Hall–Kier alpha value is -2.22. The molecule has 0 aliphatic heterocycles. The van der Waals surface area contributed by atoms with Crippen LogP contribution in [-0.2, 0) is 0 Å². The van der Waals surface area contributed by atoms with Gasteiger partial charge in [0.15, 0.2) is 0 Å². The van der Waals surface area contributed by atoms with Crippen LogP contribution in [0, 0.1) is 0 Å². The normalized spacial score (nSPS) is 28.6. The van der Waals surface area contributed by atoms with Crippen molar-refractivity contribution >= 4 is 33.4 Å². The van der Waals surface area contributed by atoms with E-state index in [1.165, 1.54) is 5.32 Å². The molecule has 0 saturated carbocycles. The lowest BCUT2D eigenvalue weighted by Crippen LogP contribution is -2.15. The molecule has 4 aromatic rings. The zero-order valence-corrected chi connectivity index (χ0v) is 17.8. The molecule has 0 aliphatic rings. The highest BCUT2D eigenvalue weighted by Gasteiger charge is 2.15. The second kappa shape index (κ2) is 13.4. The summed E-state index contributed by atoms with van der Waals surface area (Å²) in [6, 6.07) is -8.51. The monoisotopic (exact) mass is 494 g/mol. The quantitative estimate of drug-likeness (QED) is 0.252. The van der Waals surface area contributed by atoms with E-state index >= 15 is 0 Å². The second-order valence-corrected chi connectivity index (χ2v) is 6.81. The smallest absolute Gasteiger partial charge is 0.134 e. The number of hydrogen-bond donors (Lipinski definition) is 3. The van der Waals surface area contributed by atoms with E-state index in [4.69, 9.17) is 40.4 Å². The fourth-order valence-electron chi connectivity index (χ4n) is 1.94. The number of nitrogens with one attached hydrogen (secondary N) is 2. The van der Waals surface area contributed by atoms with Gasteiger partial charge in [-0.1, -0.05) is 48.3 Å². The van der Waals surface area contributed by atoms with Crippen molar-refractivity contribution in [3.63, 3.8) is 0 Å². The summed E-state index contributed by atoms with van der Waals surface area (Å²) < 4.78 is 210. The van der Waals surface area contributed by atoms with Gasteiger partial charge in [0.1, 0.15) is 11.8 Å². The first-order valence-corrected chi connectivity index (χ1v) is 10.1. The molecule has 2 aromatic heterocycles. The maximum Gasteiger partial charge on any atom is 0.134 e. The van der Waals surface area contributed by atoms with Crippen LogP contribution in [0.4, 0.5) is 0 Å². The highest BCUT2D eigenvalue weighted by atomic mass is 32.1. The van der Waals surface area contributed by atoms with Gasteiger partial charge in [-0.05, 0) is 67.6 Å². The molecule has 6 heteroatoms. The van der Waals surface area contributed by atoms with Crippen LogP contribution < -0.4 is 15.4 Å². The van der Waals surface area contributed by atoms with Gasteiger partial charge in [-0.3, -0.25) is 0 Å². The molecule has 0 radical (unpaired) electrons. The summed E-state index contributed by atoms with van der Waals surface area (Å²) in [5.41, 5.74) is 0. The van der Waals surface area contributed by atoms with Gasteiger partial charge in [-0.15, -0.1) is 22.7 Å². The van der Waals surface area contributed by atoms with Gasteiger partial charge in [0.05, 0.1) is 26.6 Å². The number of hydrogen-bond acceptors (Lipinski definition) is 6. The van der Waals surface area contributed by atoms with Crippen molar-refractivity contribution < 1.29 is 45.5 Å². The molecule has 3 N–H and O–H groups in total. The second-order valence-electron chi connectivity index (χ2n) is 5.18. The summed E-state index contributed by atoms with van der Waals surface area (Å²) >= 11 is 0.589. The third-order valence-corrected chi connectivity index (χ3v) is 4.61. The highest BCUT2D eigenvalue weighted by Crippen LogP contribution is 2.32. The minimum Gasteiger partial charge on any atom is -0.484 e. The van der Waals surface area contributed by atoms with E-state index in [9.17, 15) is 5.11 Å². The van der Waals surface area contributed by atoms with Crippen molar-refractivity contribution in [1.29, 1.82) is 0 Å². The Morgan fingerprint density at radius 2 is 1.69 bits per heavy atom. The summed E-state index contributed by atoms with van der Waals surface area (Å²) in [5.74, 6) is -0.908. The lowest BCUT2D eigenvalue weighted by molar-refractivity contribution is 0.171. The molecule has 0 amide bonds. The third-order valence-electron chi connectivity index (χ3n) is 3.21. The van der Waals surface area contributed by atoms with E-state index in [0.29, 0.717) is 11.3 Å². The molecule has 2 unspecified atom stereocenters. The van der Waals surface area contributed by atoms with Gasteiger partial charge in [-0.25, -0.2) is 0 Å². The zero-order valence-electron chi connectivity index (χ0n) is 42.2. The van der Waals surface area contributed by atoms with Crippen molar-refractivity contribution in [3.8, 4) is 5.75 Å². The summed E-state index contributed by atoms with van der Waals surface area (Å²) in [7, 11) is 1.05. The molecule has 2 heterocycles. The number of benzene rings is 2. The Morgan fingerprint density at radius 3 is 2.41 bits per heavy atom. The van der Waals surface area contributed by atoms with E-state index in [0.717, 1.165) is 7.05 Å². The number of fused-ring (bicyclic) bond motifs is 1. The van der Waals surface area contributed by atoms with Gasteiger partial charge in [0.2, 0.25) is 0 Å². The fourth-order valence-corrected chi connectivity index (χ4v) is 2.89. The van der Waals surface area contributed by atoms with Crippen LogP contribution in [0.1, 0.15) is 70.3 Å². The lowest BCUT2D eigenvalue weighted by atomic mass is 10.1. The molecule has 0 bridgehead atoms. The molecule has 2 atom stereocenters. The minimum absolute atomic E-state index is 0.288. The molecule has 0 fully saturated rings. The van der Waals surface area contributed by atoms with Crippen LogP contribution in [0.5, 0.6) is 5.75 Å². The number of aliphatic hydroxyl groups is 1. The van der Waals surface area contributed by atoms with Gasteiger partial charge in [0.25, 0.3) is 0 Å². The average Bonchev–Trinajstić information content (AvgIpc) is 3.52. The average molecular weight is 495 g/mol. The van der Waals surface area contributed by atoms with Crippen LogP contribution in [0.25, 0.3) is 10.8 Å². The standard InChI is InChI=1S/C18H19NOS.C8H13NOS/c1-19-12-11-17(18-10-5-13-21-18)20-16-9-4-7-14-6-2-3-8-15(14)16;1-9-5-4-7(10)8-3-2-6-11-8/h2-10,13,17,19H,11-12H2,1H3;2-3,6-7,9-10H,4-5H2,1H3/i2D,3D,4D,5D,6D,7D,8D,9D,10D,11D2,12D2,13D,17D;1D3,2D,3D,4D2,5D2,6D,7D. The van der Waals surface area contributed by atoms with Crippen LogP contribution in [0.15, 0.2) is 77.2 Å². The Balaban J connectivity index is 0.000000351. The van der Waals surface area contributed by atoms with Crippen LogP contribution in [0.2, 0.25) is 0 Å². The Kier molecular flexibility index (Phi) is 3.08. The molecule has 32 heavy (non-hydrogen) atoms. The molecule has 4 rings (SSSR count). The molecular weight excluding hydrogens is 436 g/mol. The Morgan fingerprint density at radius 1 is 0.969 bits per heavy atom. The summed E-state index contributed by atoms with van der Waals surface area (Å²) in [4.78, 5) is -1.46. The molecule has 170 valence electrons. The van der Waals surface area contributed by atoms with Crippen molar-refractivity contribution in [1.82, 2.24) is 10.6 Å². The first-order chi connectivity index (χ1) is 25.9. The maximum atomic E-state index is 10.1. The molecular formula is C26H32N2O2S2. The van der Waals surface area contributed by atoms with Crippen molar-refractivity contribution in [2.75, 3.05) is 27.0 Å². The van der Waals surface area contributed by atoms with E-state index in [1.807, 2.05) is 0 Å². The van der Waals surface area contributed by atoms with Crippen LogP contribution >= 0.6 is 22.7 Å². The number of ether oxygens (including phenoxy) is 1. The summed E-state index contributed by atoms with van der Waals surface area (Å²) in [6.07, 6.45) is -13.6. The molecule has 4 nitrogen and oxygen atoms in total. The van der Waals surface area contributed by atoms with Crippen molar-refractivity contribution in [2.24, 2.45) is 0 Å². The predicted octanol–water partition coefficient (Wildman–Crippen LogP) is 6.02. The van der Waals surface area contributed by atoms with Gasteiger partial charge in [-0.2, -0.15) is 0 Å². The first-order valence-electron chi connectivity index (χ1n) is 21.4. The van der Waals surface area contributed by atoms with E-state index in [-0.39, 0.29) is 11.3 Å². The number of rotatable bonds is 10. The largest absolute Gasteiger partial charge is 0.484 e. The first kappa shape index (κ1) is 7.39. The van der Waals surface area contributed by atoms with Gasteiger partial charge in [0, 0.05) is 36.6 Å². The molecule has 0 aliphatic carbocycles. The van der Waals surface area contributed by atoms with E-state index < -0.39 is 148 Å². The lowest BCUT2D eigenvalue weighted by Gasteiger charge is -2.19. The maximum absolute atomic E-state index is 10.1. The van der Waals surface area contributed by atoms with Crippen LogP contribution in [0.3, 0.4) is 0 Å². The van der Waals surface area contributed by atoms with E-state index in [2.05, 4.69) is 5.32 Å².